The smallest absolute Gasteiger partial charge is 0.257 e. The summed E-state index contributed by atoms with van der Waals surface area (Å²) in [7, 11) is 0. The molecule has 2 aromatic rings. The number of piperazine rings is 1. The van der Waals surface area contributed by atoms with Gasteiger partial charge in [0.05, 0.1) is 23.1 Å². The maximum absolute atomic E-state index is 13.0. The summed E-state index contributed by atoms with van der Waals surface area (Å²) >= 11 is 0. The molecule has 128 valence electrons. The van der Waals surface area contributed by atoms with Crippen LogP contribution in [0, 0.1) is 0 Å². The van der Waals surface area contributed by atoms with Gasteiger partial charge in [0, 0.05) is 31.6 Å². The predicted molar refractivity (Wildman–Crippen MR) is 96.2 cm³/mol. The summed E-state index contributed by atoms with van der Waals surface area (Å²) < 4.78 is 1.95. The quantitative estimate of drug-likeness (QED) is 0.929. The Hall–Kier alpha value is -1.85. The largest absolute Gasteiger partial charge is 0.336 e. The van der Waals surface area contributed by atoms with E-state index in [0.29, 0.717) is 12.0 Å². The molecule has 6 heteroatoms. The maximum Gasteiger partial charge on any atom is 0.257 e. The molecule has 1 aliphatic heterocycles. The third kappa shape index (κ3) is 3.19. The first-order chi connectivity index (χ1) is 11.2. The molecule has 4 rings (SSSR count). The number of benzene rings is 1. The average molecular weight is 347 g/mol. The van der Waals surface area contributed by atoms with Gasteiger partial charge in [-0.15, -0.1) is 12.4 Å². The average Bonchev–Trinajstić information content (AvgIpc) is 3.33. The van der Waals surface area contributed by atoms with Crippen molar-refractivity contribution in [2.24, 2.45) is 0 Å². The van der Waals surface area contributed by atoms with E-state index in [1.807, 2.05) is 39.9 Å². The molecule has 2 heterocycles. The first-order valence-corrected chi connectivity index (χ1v) is 8.40. The highest BCUT2D eigenvalue weighted by atomic mass is 35.5. The number of carbonyl (C=O) groups excluding carboxylic acids is 1. The van der Waals surface area contributed by atoms with Gasteiger partial charge in [0.25, 0.3) is 5.91 Å². The molecule has 0 radical (unpaired) electrons. The van der Waals surface area contributed by atoms with E-state index in [4.69, 9.17) is 0 Å². The van der Waals surface area contributed by atoms with Crippen molar-refractivity contribution >= 4 is 18.3 Å². The molecular formula is C18H23ClN4O. The second-order valence-electron chi connectivity index (χ2n) is 6.57. The van der Waals surface area contributed by atoms with Crippen molar-refractivity contribution in [3.63, 3.8) is 0 Å². The highest BCUT2D eigenvalue weighted by Gasteiger charge is 2.34. The minimum Gasteiger partial charge on any atom is -0.336 e. The maximum atomic E-state index is 13.0. The molecule has 5 nitrogen and oxygen atoms in total. The minimum atomic E-state index is 0. The molecule has 1 N–H and O–H groups in total. The molecule has 1 aliphatic carbocycles. The van der Waals surface area contributed by atoms with E-state index in [1.165, 1.54) is 0 Å². The topological polar surface area (TPSA) is 50.2 Å². The summed E-state index contributed by atoms with van der Waals surface area (Å²) in [5.41, 5.74) is 2.90. The SMILES string of the molecule is CC1CN(C(=O)c2cnn(-c3ccccc3)c2C2CC2)CCN1.Cl. The summed E-state index contributed by atoms with van der Waals surface area (Å²) in [4.78, 5) is 14.9. The molecule has 1 aromatic heterocycles. The lowest BCUT2D eigenvalue weighted by atomic mass is 10.1. The van der Waals surface area contributed by atoms with Crippen LogP contribution in [0.25, 0.3) is 5.69 Å². The van der Waals surface area contributed by atoms with Crippen LogP contribution in [0.2, 0.25) is 0 Å². The molecule has 1 atom stereocenters. The third-order valence-electron chi connectivity index (χ3n) is 4.66. The van der Waals surface area contributed by atoms with E-state index >= 15 is 0 Å². The van der Waals surface area contributed by atoms with Gasteiger partial charge in [-0.05, 0) is 31.9 Å². The van der Waals surface area contributed by atoms with Gasteiger partial charge >= 0.3 is 0 Å². The van der Waals surface area contributed by atoms with Crippen LogP contribution in [0.5, 0.6) is 0 Å². The van der Waals surface area contributed by atoms with Crippen molar-refractivity contribution in [3.8, 4) is 5.69 Å². The fourth-order valence-electron chi connectivity index (χ4n) is 3.33. The van der Waals surface area contributed by atoms with Crippen LogP contribution >= 0.6 is 12.4 Å². The van der Waals surface area contributed by atoms with Crippen molar-refractivity contribution in [1.29, 1.82) is 0 Å². The van der Waals surface area contributed by atoms with Crippen LogP contribution < -0.4 is 5.32 Å². The summed E-state index contributed by atoms with van der Waals surface area (Å²) in [6.07, 6.45) is 4.06. The van der Waals surface area contributed by atoms with Crippen LogP contribution in [0.1, 0.15) is 41.7 Å². The molecule has 1 saturated heterocycles. The second kappa shape index (κ2) is 6.95. The van der Waals surface area contributed by atoms with Gasteiger partial charge in [0.2, 0.25) is 0 Å². The molecule has 1 amide bonds. The van der Waals surface area contributed by atoms with Crippen molar-refractivity contribution in [2.75, 3.05) is 19.6 Å². The number of hydrogen-bond donors (Lipinski definition) is 1. The number of nitrogens with one attached hydrogen (secondary N) is 1. The van der Waals surface area contributed by atoms with Crippen molar-refractivity contribution < 1.29 is 4.79 Å². The van der Waals surface area contributed by atoms with Gasteiger partial charge in [0.1, 0.15) is 0 Å². The minimum absolute atomic E-state index is 0. The van der Waals surface area contributed by atoms with E-state index in [0.717, 1.165) is 49.4 Å². The van der Waals surface area contributed by atoms with Gasteiger partial charge in [-0.2, -0.15) is 5.10 Å². The van der Waals surface area contributed by atoms with E-state index in [-0.39, 0.29) is 18.3 Å². The Morgan fingerprint density at radius 1 is 1.25 bits per heavy atom. The second-order valence-corrected chi connectivity index (χ2v) is 6.57. The predicted octanol–water partition coefficient (Wildman–Crippen LogP) is 2.61. The van der Waals surface area contributed by atoms with Gasteiger partial charge in [0.15, 0.2) is 0 Å². The number of nitrogens with zero attached hydrogens (tertiary/aromatic N) is 3. The Morgan fingerprint density at radius 2 is 2.00 bits per heavy atom. The van der Waals surface area contributed by atoms with E-state index in [9.17, 15) is 4.79 Å². The van der Waals surface area contributed by atoms with Crippen molar-refractivity contribution in [3.05, 3.63) is 47.8 Å². The van der Waals surface area contributed by atoms with Gasteiger partial charge in [-0.3, -0.25) is 4.79 Å². The van der Waals surface area contributed by atoms with E-state index in [1.54, 1.807) is 6.20 Å². The van der Waals surface area contributed by atoms with Crippen LogP contribution in [0.15, 0.2) is 36.5 Å². The molecule has 2 fully saturated rings. The normalized spacial score (nSPS) is 20.5. The summed E-state index contributed by atoms with van der Waals surface area (Å²) in [5.74, 6) is 0.597. The molecule has 2 aliphatic rings. The number of halogens is 1. The zero-order chi connectivity index (χ0) is 15.8. The zero-order valence-corrected chi connectivity index (χ0v) is 14.6. The Labute approximate surface area is 148 Å². The van der Waals surface area contributed by atoms with Gasteiger partial charge < -0.3 is 10.2 Å². The summed E-state index contributed by atoms with van der Waals surface area (Å²) in [6, 6.07) is 10.4. The first kappa shape index (κ1) is 17.0. The first-order valence-electron chi connectivity index (χ1n) is 8.40. The Kier molecular flexibility index (Phi) is 4.92. The molecule has 1 unspecified atom stereocenters. The van der Waals surface area contributed by atoms with Crippen molar-refractivity contribution in [2.45, 2.75) is 31.7 Å². The number of hydrogen-bond acceptors (Lipinski definition) is 3. The molecule has 0 bridgehead atoms. The lowest BCUT2D eigenvalue weighted by Gasteiger charge is -2.31. The van der Waals surface area contributed by atoms with Gasteiger partial charge in [-0.1, -0.05) is 18.2 Å². The zero-order valence-electron chi connectivity index (χ0n) is 13.8. The lowest BCUT2D eigenvalue weighted by Crippen LogP contribution is -2.51. The standard InChI is InChI=1S/C18H22N4O.ClH/c1-13-12-21(10-9-19-13)18(23)16-11-20-22(17(16)14-7-8-14)15-5-3-2-4-6-15;/h2-6,11,13-14,19H,7-10,12H2,1H3;1H. The monoisotopic (exact) mass is 346 g/mol. The number of para-hydroxylation sites is 1. The Balaban J connectivity index is 0.00000169. The number of amides is 1. The Bertz CT molecular complexity index is 711. The highest BCUT2D eigenvalue weighted by Crippen LogP contribution is 2.42. The molecule has 1 aromatic carbocycles. The molecular weight excluding hydrogens is 324 g/mol. The fourth-order valence-corrected chi connectivity index (χ4v) is 3.33. The molecule has 1 saturated carbocycles. The number of carbonyl (C=O) groups is 1. The number of rotatable bonds is 3. The van der Waals surface area contributed by atoms with Crippen LogP contribution in [-0.4, -0.2) is 46.3 Å². The van der Waals surface area contributed by atoms with Crippen molar-refractivity contribution in [1.82, 2.24) is 20.0 Å². The Morgan fingerprint density at radius 3 is 2.67 bits per heavy atom. The van der Waals surface area contributed by atoms with Crippen LogP contribution in [-0.2, 0) is 0 Å². The van der Waals surface area contributed by atoms with Crippen LogP contribution in [0.3, 0.4) is 0 Å². The fraction of sp³-hybridized carbons (Fsp3) is 0.444. The third-order valence-corrected chi connectivity index (χ3v) is 4.66. The van der Waals surface area contributed by atoms with E-state index in [2.05, 4.69) is 17.3 Å². The highest BCUT2D eigenvalue weighted by molar-refractivity contribution is 5.95. The van der Waals surface area contributed by atoms with Crippen LogP contribution in [0.4, 0.5) is 0 Å². The summed E-state index contributed by atoms with van der Waals surface area (Å²) in [5, 5.41) is 7.92. The van der Waals surface area contributed by atoms with E-state index < -0.39 is 0 Å². The summed E-state index contributed by atoms with van der Waals surface area (Å²) in [6.45, 7) is 4.51. The molecule has 24 heavy (non-hydrogen) atoms. The van der Waals surface area contributed by atoms with Gasteiger partial charge in [-0.25, -0.2) is 4.68 Å². The number of aromatic nitrogens is 2. The lowest BCUT2D eigenvalue weighted by molar-refractivity contribution is 0.0708. The molecule has 0 spiro atoms.